The molecule has 0 saturated carbocycles. The lowest BCUT2D eigenvalue weighted by Gasteiger charge is -2.28. The van der Waals surface area contributed by atoms with Crippen LogP contribution >= 0.6 is 0 Å². The lowest BCUT2D eigenvalue weighted by atomic mass is 10.1. The van der Waals surface area contributed by atoms with Crippen molar-refractivity contribution in [3.8, 4) is 5.75 Å². The van der Waals surface area contributed by atoms with Gasteiger partial charge in [-0.1, -0.05) is 18.2 Å². The molecule has 0 radical (unpaired) electrons. The summed E-state index contributed by atoms with van der Waals surface area (Å²) in [5.41, 5.74) is 1.05. The Bertz CT molecular complexity index is 523. The molecule has 2 atom stereocenters. The van der Waals surface area contributed by atoms with Gasteiger partial charge in [-0.25, -0.2) is 0 Å². The van der Waals surface area contributed by atoms with Crippen molar-refractivity contribution in [1.82, 2.24) is 10.2 Å². The fourth-order valence-corrected chi connectivity index (χ4v) is 3.43. The minimum atomic E-state index is 0.0890. The third-order valence-electron chi connectivity index (χ3n) is 4.72. The molecule has 2 unspecified atom stereocenters. The number of nitrogens with one attached hydrogen (secondary N) is 1. The molecule has 0 spiro atoms. The zero-order valence-electron chi connectivity index (χ0n) is 13.8. The lowest BCUT2D eigenvalue weighted by molar-refractivity contribution is -0.137. The molecular formula is C18H26N2O3. The Hall–Kier alpha value is -1.59. The Kier molecular flexibility index (Phi) is 5.51. The number of benzene rings is 1. The fourth-order valence-electron chi connectivity index (χ4n) is 3.43. The van der Waals surface area contributed by atoms with Crippen LogP contribution in [-0.2, 0) is 16.1 Å². The molecule has 2 aliphatic heterocycles. The van der Waals surface area contributed by atoms with Crippen LogP contribution in [0.4, 0.5) is 0 Å². The predicted octanol–water partition coefficient (Wildman–Crippen LogP) is 1.81. The standard InChI is InChI=1S/C18H26N2O3/c1-22-17-7-3-2-5-15(17)12-20(13-16-6-4-10-23-16)18(21)14-8-9-19-11-14/h2-3,5,7,14,16,19H,4,6,8-13H2,1H3. The van der Waals surface area contributed by atoms with Crippen LogP contribution in [0.3, 0.4) is 0 Å². The minimum Gasteiger partial charge on any atom is -0.496 e. The van der Waals surface area contributed by atoms with Gasteiger partial charge in [0.15, 0.2) is 0 Å². The highest BCUT2D eigenvalue weighted by atomic mass is 16.5. The molecule has 1 amide bonds. The molecule has 0 aromatic heterocycles. The highest BCUT2D eigenvalue weighted by Crippen LogP contribution is 2.23. The molecular weight excluding hydrogens is 292 g/mol. The van der Waals surface area contributed by atoms with E-state index in [0.29, 0.717) is 13.1 Å². The molecule has 126 valence electrons. The van der Waals surface area contributed by atoms with Gasteiger partial charge in [-0.3, -0.25) is 4.79 Å². The highest BCUT2D eigenvalue weighted by molar-refractivity contribution is 5.79. The van der Waals surface area contributed by atoms with Crippen molar-refractivity contribution in [3.05, 3.63) is 29.8 Å². The van der Waals surface area contributed by atoms with Gasteiger partial charge >= 0.3 is 0 Å². The van der Waals surface area contributed by atoms with Crippen LogP contribution in [0.2, 0.25) is 0 Å². The summed E-state index contributed by atoms with van der Waals surface area (Å²) < 4.78 is 11.2. The summed E-state index contributed by atoms with van der Waals surface area (Å²) >= 11 is 0. The Labute approximate surface area is 137 Å². The number of carbonyl (C=O) groups is 1. The molecule has 3 rings (SSSR count). The SMILES string of the molecule is COc1ccccc1CN(CC1CCCO1)C(=O)C1CCNC1. The monoisotopic (exact) mass is 318 g/mol. The Morgan fingerprint density at radius 1 is 1.39 bits per heavy atom. The van der Waals surface area contributed by atoms with Crippen LogP contribution in [0.15, 0.2) is 24.3 Å². The van der Waals surface area contributed by atoms with E-state index in [1.807, 2.05) is 29.2 Å². The largest absolute Gasteiger partial charge is 0.496 e. The maximum absolute atomic E-state index is 12.9. The summed E-state index contributed by atoms with van der Waals surface area (Å²) in [7, 11) is 1.67. The van der Waals surface area contributed by atoms with Crippen molar-refractivity contribution in [3.63, 3.8) is 0 Å². The molecule has 5 heteroatoms. The van der Waals surface area contributed by atoms with Gasteiger partial charge < -0.3 is 19.7 Å². The molecule has 2 aliphatic rings. The van der Waals surface area contributed by atoms with Crippen molar-refractivity contribution >= 4 is 5.91 Å². The van der Waals surface area contributed by atoms with Crippen LogP contribution in [0.1, 0.15) is 24.8 Å². The van der Waals surface area contributed by atoms with Gasteiger partial charge in [0.2, 0.25) is 5.91 Å². The number of amides is 1. The van der Waals surface area contributed by atoms with Crippen molar-refractivity contribution in [2.24, 2.45) is 5.92 Å². The molecule has 2 fully saturated rings. The zero-order chi connectivity index (χ0) is 16.1. The molecule has 2 heterocycles. The molecule has 5 nitrogen and oxygen atoms in total. The van der Waals surface area contributed by atoms with E-state index < -0.39 is 0 Å². The van der Waals surface area contributed by atoms with Gasteiger partial charge in [0.25, 0.3) is 0 Å². The van der Waals surface area contributed by atoms with Gasteiger partial charge in [-0.05, 0) is 31.9 Å². The van der Waals surface area contributed by atoms with Gasteiger partial charge in [-0.2, -0.15) is 0 Å². The number of nitrogens with zero attached hydrogens (tertiary/aromatic N) is 1. The second-order valence-corrected chi connectivity index (χ2v) is 6.36. The third kappa shape index (κ3) is 4.03. The van der Waals surface area contributed by atoms with E-state index in [1.54, 1.807) is 7.11 Å². The third-order valence-corrected chi connectivity index (χ3v) is 4.72. The van der Waals surface area contributed by atoms with E-state index in [2.05, 4.69) is 5.32 Å². The summed E-state index contributed by atoms with van der Waals surface area (Å²) in [4.78, 5) is 14.9. The van der Waals surface area contributed by atoms with Crippen molar-refractivity contribution < 1.29 is 14.3 Å². The van der Waals surface area contributed by atoms with Gasteiger partial charge in [-0.15, -0.1) is 0 Å². The number of ether oxygens (including phenoxy) is 2. The number of hydrogen-bond donors (Lipinski definition) is 1. The average molecular weight is 318 g/mol. The first kappa shape index (κ1) is 16.3. The summed E-state index contributed by atoms with van der Waals surface area (Å²) in [5.74, 6) is 1.16. The number of hydrogen-bond acceptors (Lipinski definition) is 4. The molecule has 1 aromatic rings. The number of rotatable bonds is 6. The summed E-state index contributed by atoms with van der Waals surface area (Å²) in [5, 5.41) is 3.28. The van der Waals surface area contributed by atoms with Crippen molar-refractivity contribution in [2.75, 3.05) is 33.4 Å². The fraction of sp³-hybridized carbons (Fsp3) is 0.611. The first-order valence-corrected chi connectivity index (χ1v) is 8.51. The second kappa shape index (κ2) is 7.79. The quantitative estimate of drug-likeness (QED) is 0.869. The zero-order valence-corrected chi connectivity index (χ0v) is 13.8. The molecule has 1 aromatic carbocycles. The van der Waals surface area contributed by atoms with Crippen LogP contribution in [-0.4, -0.2) is 50.3 Å². The molecule has 2 saturated heterocycles. The van der Waals surface area contributed by atoms with Gasteiger partial charge in [0.05, 0.1) is 19.1 Å². The average Bonchev–Trinajstić information content (AvgIpc) is 3.27. The van der Waals surface area contributed by atoms with Crippen LogP contribution in [0, 0.1) is 5.92 Å². The highest BCUT2D eigenvalue weighted by Gasteiger charge is 2.30. The second-order valence-electron chi connectivity index (χ2n) is 6.36. The van der Waals surface area contributed by atoms with Crippen molar-refractivity contribution in [2.45, 2.75) is 31.9 Å². The van der Waals surface area contributed by atoms with E-state index in [9.17, 15) is 4.79 Å². The van der Waals surface area contributed by atoms with Crippen molar-refractivity contribution in [1.29, 1.82) is 0 Å². The summed E-state index contributed by atoms with van der Waals surface area (Å²) in [6.45, 7) is 3.78. The normalized spacial score (nSPS) is 23.9. The molecule has 23 heavy (non-hydrogen) atoms. The summed E-state index contributed by atoms with van der Waals surface area (Å²) in [6.07, 6.45) is 3.22. The van der Waals surface area contributed by atoms with Crippen LogP contribution in [0.5, 0.6) is 5.75 Å². The van der Waals surface area contributed by atoms with Gasteiger partial charge in [0.1, 0.15) is 5.75 Å². The minimum absolute atomic E-state index is 0.0890. The van der Waals surface area contributed by atoms with Gasteiger partial charge in [0, 0.05) is 31.8 Å². The topological polar surface area (TPSA) is 50.8 Å². The number of carbonyl (C=O) groups excluding carboxylic acids is 1. The van der Waals surface area contributed by atoms with E-state index in [1.165, 1.54) is 0 Å². The number of para-hydroxylation sites is 1. The van der Waals surface area contributed by atoms with E-state index in [4.69, 9.17) is 9.47 Å². The maximum Gasteiger partial charge on any atom is 0.227 e. The predicted molar refractivity (Wildman–Crippen MR) is 88.4 cm³/mol. The first-order chi connectivity index (χ1) is 11.3. The molecule has 0 aliphatic carbocycles. The van der Waals surface area contributed by atoms with Crippen LogP contribution in [0.25, 0.3) is 0 Å². The van der Waals surface area contributed by atoms with E-state index in [0.717, 1.165) is 50.3 Å². The first-order valence-electron chi connectivity index (χ1n) is 8.51. The smallest absolute Gasteiger partial charge is 0.227 e. The Morgan fingerprint density at radius 2 is 2.26 bits per heavy atom. The molecule has 1 N–H and O–H groups in total. The maximum atomic E-state index is 12.9. The Morgan fingerprint density at radius 3 is 2.96 bits per heavy atom. The van der Waals surface area contributed by atoms with E-state index in [-0.39, 0.29) is 17.9 Å². The van der Waals surface area contributed by atoms with Crippen LogP contribution < -0.4 is 10.1 Å². The molecule has 0 bridgehead atoms. The Balaban J connectivity index is 1.74. The summed E-state index contributed by atoms with van der Waals surface area (Å²) in [6, 6.07) is 7.92. The van der Waals surface area contributed by atoms with E-state index >= 15 is 0 Å². The lowest BCUT2D eigenvalue weighted by Crippen LogP contribution is -2.41. The number of methoxy groups -OCH3 is 1.